The van der Waals surface area contributed by atoms with Gasteiger partial charge in [0.2, 0.25) is 0 Å². The van der Waals surface area contributed by atoms with Gasteiger partial charge in [0.25, 0.3) is 5.91 Å². The average Bonchev–Trinajstić information content (AvgIpc) is 2.90. The Morgan fingerprint density at radius 1 is 1.19 bits per heavy atom. The Balaban J connectivity index is 2.01. The van der Waals surface area contributed by atoms with Crippen LogP contribution in [0.5, 0.6) is 5.75 Å². The number of aliphatic imine (C=N–C) groups is 1. The summed E-state index contributed by atoms with van der Waals surface area (Å²) in [4.78, 5) is 20.0. The van der Waals surface area contributed by atoms with Gasteiger partial charge in [-0.1, -0.05) is 18.2 Å². The predicted molar refractivity (Wildman–Crippen MR) is 130 cm³/mol. The quantitative estimate of drug-likeness (QED) is 0.354. The molecule has 4 nitrogen and oxygen atoms in total. The maximum Gasteiger partial charge on any atom is 0.266 e. The minimum absolute atomic E-state index is 0.0365. The highest BCUT2D eigenvalue weighted by Gasteiger charge is 2.32. The SMILES string of the molecule is CCN1C(=O)/C(=C\c2cc(I)c(O)c(I)c2)SC1=Nc1c(C)cccc1C. The molecule has 140 valence electrons. The van der Waals surface area contributed by atoms with Crippen LogP contribution < -0.4 is 0 Å². The maximum absolute atomic E-state index is 12.9. The van der Waals surface area contributed by atoms with E-state index in [-0.39, 0.29) is 11.7 Å². The van der Waals surface area contributed by atoms with Gasteiger partial charge in [-0.2, -0.15) is 0 Å². The standard InChI is InChI=1S/C20H18I2N2O2S/c1-4-24-19(26)16(10-13-8-14(21)18(25)15(22)9-13)27-20(24)23-17-11(2)6-5-7-12(17)3/h5-10,25H,4H2,1-3H3/b16-10+,23-20?. The molecule has 1 N–H and O–H groups in total. The topological polar surface area (TPSA) is 52.9 Å². The number of benzene rings is 2. The van der Waals surface area contributed by atoms with Crippen LogP contribution in [0, 0.1) is 21.0 Å². The molecule has 0 spiro atoms. The molecular weight excluding hydrogens is 586 g/mol. The van der Waals surface area contributed by atoms with Crippen molar-refractivity contribution in [1.29, 1.82) is 0 Å². The molecule has 2 aromatic rings. The van der Waals surface area contributed by atoms with Gasteiger partial charge in [-0.15, -0.1) is 0 Å². The summed E-state index contributed by atoms with van der Waals surface area (Å²) in [6, 6.07) is 9.81. The molecule has 2 aromatic carbocycles. The molecule has 1 heterocycles. The number of hydrogen-bond donors (Lipinski definition) is 1. The summed E-state index contributed by atoms with van der Waals surface area (Å²) in [5, 5.41) is 10.6. The maximum atomic E-state index is 12.9. The van der Waals surface area contributed by atoms with Crippen LogP contribution in [-0.2, 0) is 4.79 Å². The minimum Gasteiger partial charge on any atom is -0.506 e. The molecule has 0 atom stereocenters. The Hall–Kier alpha value is -1.07. The number of carbonyl (C=O) groups is 1. The fraction of sp³-hybridized carbons (Fsp3) is 0.200. The van der Waals surface area contributed by atoms with Crippen molar-refractivity contribution in [1.82, 2.24) is 4.90 Å². The smallest absolute Gasteiger partial charge is 0.266 e. The summed E-state index contributed by atoms with van der Waals surface area (Å²) in [6.07, 6.45) is 1.87. The minimum atomic E-state index is -0.0365. The molecule has 1 saturated heterocycles. The van der Waals surface area contributed by atoms with Gasteiger partial charge in [-0.25, -0.2) is 4.99 Å². The lowest BCUT2D eigenvalue weighted by Crippen LogP contribution is -2.28. The Labute approximate surface area is 190 Å². The third-order valence-electron chi connectivity index (χ3n) is 4.19. The zero-order chi connectivity index (χ0) is 19.7. The highest BCUT2D eigenvalue weighted by molar-refractivity contribution is 14.1. The van der Waals surface area contributed by atoms with Crippen LogP contribution in [0.15, 0.2) is 40.2 Å². The van der Waals surface area contributed by atoms with Crippen LogP contribution in [0.1, 0.15) is 23.6 Å². The zero-order valence-electron chi connectivity index (χ0n) is 15.1. The molecule has 1 fully saturated rings. The van der Waals surface area contributed by atoms with Gasteiger partial charge in [0.1, 0.15) is 5.75 Å². The van der Waals surface area contributed by atoms with Gasteiger partial charge in [-0.05, 0) is 113 Å². The van der Waals surface area contributed by atoms with E-state index in [0.29, 0.717) is 16.6 Å². The number of aryl methyl sites for hydroxylation is 2. The van der Waals surface area contributed by atoms with Crippen LogP contribution in [0.4, 0.5) is 5.69 Å². The zero-order valence-corrected chi connectivity index (χ0v) is 20.2. The first-order chi connectivity index (χ1) is 12.8. The van der Waals surface area contributed by atoms with E-state index in [1.165, 1.54) is 11.8 Å². The lowest BCUT2D eigenvalue weighted by atomic mass is 10.1. The van der Waals surface area contributed by atoms with E-state index in [9.17, 15) is 9.90 Å². The van der Waals surface area contributed by atoms with Crippen molar-refractivity contribution >= 4 is 79.8 Å². The van der Waals surface area contributed by atoms with Crippen LogP contribution >= 0.6 is 56.9 Å². The number of nitrogens with zero attached hydrogens (tertiary/aromatic N) is 2. The number of para-hydroxylation sites is 1. The second-order valence-corrected chi connectivity index (χ2v) is 9.46. The number of phenolic OH excluding ortho intramolecular Hbond substituents is 1. The lowest BCUT2D eigenvalue weighted by molar-refractivity contribution is -0.122. The van der Waals surface area contributed by atoms with Crippen molar-refractivity contribution in [3.8, 4) is 5.75 Å². The number of rotatable bonds is 3. The van der Waals surface area contributed by atoms with Crippen molar-refractivity contribution in [2.24, 2.45) is 4.99 Å². The molecule has 1 aliphatic heterocycles. The third-order valence-corrected chi connectivity index (χ3v) is 6.84. The van der Waals surface area contributed by atoms with Gasteiger partial charge < -0.3 is 5.11 Å². The Bertz CT molecular complexity index is 943. The number of phenols is 1. The van der Waals surface area contributed by atoms with E-state index in [1.807, 2.05) is 57.2 Å². The number of halogens is 2. The van der Waals surface area contributed by atoms with Gasteiger partial charge in [0.05, 0.1) is 17.7 Å². The Kier molecular flexibility index (Phi) is 6.52. The van der Waals surface area contributed by atoms with Crippen molar-refractivity contribution < 1.29 is 9.90 Å². The molecule has 0 aliphatic carbocycles. The molecule has 0 bridgehead atoms. The summed E-state index contributed by atoms with van der Waals surface area (Å²) >= 11 is 5.59. The highest BCUT2D eigenvalue weighted by atomic mass is 127. The monoisotopic (exact) mass is 604 g/mol. The van der Waals surface area contributed by atoms with Gasteiger partial charge in [0, 0.05) is 6.54 Å². The van der Waals surface area contributed by atoms with Gasteiger partial charge in [0.15, 0.2) is 5.17 Å². The molecule has 1 amide bonds. The van der Waals surface area contributed by atoms with Gasteiger partial charge in [-0.3, -0.25) is 9.69 Å². The number of hydrogen-bond acceptors (Lipinski definition) is 4. The summed E-state index contributed by atoms with van der Waals surface area (Å²) in [5.41, 5.74) is 3.99. The van der Waals surface area contributed by atoms with Crippen LogP contribution in [-0.4, -0.2) is 27.6 Å². The van der Waals surface area contributed by atoms with Crippen molar-refractivity contribution in [2.45, 2.75) is 20.8 Å². The second-order valence-electron chi connectivity index (χ2n) is 6.13. The van der Waals surface area contributed by atoms with E-state index < -0.39 is 0 Å². The van der Waals surface area contributed by atoms with Crippen LogP contribution in [0.25, 0.3) is 6.08 Å². The summed E-state index contributed by atoms with van der Waals surface area (Å²) in [7, 11) is 0. The number of carbonyl (C=O) groups excluding carboxylic acids is 1. The molecule has 3 rings (SSSR count). The summed E-state index contributed by atoms with van der Waals surface area (Å²) in [5.74, 6) is 0.238. The van der Waals surface area contributed by atoms with Crippen LogP contribution in [0.3, 0.4) is 0 Å². The number of amides is 1. The summed E-state index contributed by atoms with van der Waals surface area (Å²) in [6.45, 7) is 6.58. The molecule has 0 unspecified atom stereocenters. The Morgan fingerprint density at radius 3 is 2.33 bits per heavy atom. The van der Waals surface area contributed by atoms with Crippen LogP contribution in [0.2, 0.25) is 0 Å². The fourth-order valence-corrected chi connectivity index (χ4v) is 5.63. The highest BCUT2D eigenvalue weighted by Crippen LogP contribution is 2.36. The molecule has 0 radical (unpaired) electrons. The normalized spacial score (nSPS) is 17.4. The first kappa shape index (κ1) is 20.7. The molecule has 0 saturated carbocycles. The first-order valence-electron chi connectivity index (χ1n) is 8.36. The number of thioether (sulfide) groups is 1. The largest absolute Gasteiger partial charge is 0.506 e. The number of likely N-dealkylation sites (N-methyl/N-ethyl adjacent to an activating group) is 1. The number of aromatic hydroxyl groups is 1. The second kappa shape index (κ2) is 8.52. The molecule has 0 aromatic heterocycles. The predicted octanol–water partition coefficient (Wildman–Crippen LogP) is 5.84. The van der Waals surface area contributed by atoms with Crippen molar-refractivity contribution in [2.75, 3.05) is 6.54 Å². The van der Waals surface area contributed by atoms with E-state index in [0.717, 1.165) is 29.5 Å². The fourth-order valence-electron chi connectivity index (χ4n) is 2.77. The molecule has 27 heavy (non-hydrogen) atoms. The Morgan fingerprint density at radius 2 is 1.78 bits per heavy atom. The first-order valence-corrected chi connectivity index (χ1v) is 11.3. The molecular formula is C20H18I2N2O2S. The van der Waals surface area contributed by atoms with Crippen molar-refractivity contribution in [3.05, 3.63) is 59.1 Å². The molecule has 7 heteroatoms. The van der Waals surface area contributed by atoms with Gasteiger partial charge >= 0.3 is 0 Å². The number of amidine groups is 1. The van der Waals surface area contributed by atoms with E-state index >= 15 is 0 Å². The average molecular weight is 604 g/mol. The van der Waals surface area contributed by atoms with E-state index in [4.69, 9.17) is 4.99 Å². The van der Waals surface area contributed by atoms with E-state index in [1.54, 1.807) is 4.90 Å². The lowest BCUT2D eigenvalue weighted by Gasteiger charge is -2.13. The van der Waals surface area contributed by atoms with Crippen molar-refractivity contribution in [3.63, 3.8) is 0 Å². The molecule has 1 aliphatic rings. The van der Waals surface area contributed by atoms with E-state index in [2.05, 4.69) is 45.2 Å². The summed E-state index contributed by atoms with van der Waals surface area (Å²) < 4.78 is 1.53. The third kappa shape index (κ3) is 4.34.